The van der Waals surface area contributed by atoms with E-state index < -0.39 is 12.0 Å². The van der Waals surface area contributed by atoms with Crippen molar-refractivity contribution in [2.75, 3.05) is 0 Å². The molecule has 0 spiro atoms. The van der Waals surface area contributed by atoms with Crippen molar-refractivity contribution in [2.24, 2.45) is 5.18 Å². The Hall–Kier alpha value is -1.72. The Kier molecular flexibility index (Phi) is 2.52. The SMILES string of the molecule is O=N[C@@H](Cc1c[nH]cn1)C(=O)O. The molecule has 1 heterocycles. The molecule has 0 aromatic carbocycles. The molecule has 0 aliphatic rings. The molecule has 0 bridgehead atoms. The second-order valence-corrected chi connectivity index (χ2v) is 2.22. The van der Waals surface area contributed by atoms with Crippen LogP contribution in [0.3, 0.4) is 0 Å². The number of aromatic nitrogens is 2. The normalized spacial score (nSPS) is 12.3. The molecule has 1 aromatic heterocycles. The highest BCUT2D eigenvalue weighted by Gasteiger charge is 2.18. The Morgan fingerprint density at radius 2 is 2.58 bits per heavy atom. The van der Waals surface area contributed by atoms with Gasteiger partial charge in [0.2, 0.25) is 0 Å². The highest BCUT2D eigenvalue weighted by atomic mass is 16.4. The smallest absolute Gasteiger partial charge is 0.332 e. The van der Waals surface area contributed by atoms with E-state index in [0.29, 0.717) is 5.69 Å². The third-order valence-corrected chi connectivity index (χ3v) is 1.37. The van der Waals surface area contributed by atoms with E-state index >= 15 is 0 Å². The fourth-order valence-electron chi connectivity index (χ4n) is 0.770. The number of carboxylic acids is 1. The minimum absolute atomic E-state index is 0.0301. The number of hydrogen-bond acceptors (Lipinski definition) is 4. The van der Waals surface area contributed by atoms with E-state index in [1.54, 1.807) is 0 Å². The standard InChI is InChI=1S/C6H7N3O3/c10-6(11)5(9-12)1-4-2-7-3-8-4/h2-3,5H,1H2,(H,7,8)(H,10,11)/t5-/m0/s1. The summed E-state index contributed by atoms with van der Waals surface area (Å²) in [4.78, 5) is 26.7. The molecule has 0 radical (unpaired) electrons. The summed E-state index contributed by atoms with van der Waals surface area (Å²) in [6.45, 7) is 0. The van der Waals surface area contributed by atoms with Gasteiger partial charge in [-0.3, -0.25) is 0 Å². The van der Waals surface area contributed by atoms with Crippen LogP contribution < -0.4 is 0 Å². The van der Waals surface area contributed by atoms with Gasteiger partial charge in [-0.15, -0.1) is 4.91 Å². The summed E-state index contributed by atoms with van der Waals surface area (Å²) >= 11 is 0. The van der Waals surface area contributed by atoms with Crippen LogP contribution in [-0.2, 0) is 11.2 Å². The third kappa shape index (κ3) is 1.88. The molecule has 1 aromatic rings. The van der Waals surface area contributed by atoms with E-state index in [0.717, 1.165) is 0 Å². The van der Waals surface area contributed by atoms with Crippen molar-refractivity contribution in [3.8, 4) is 0 Å². The molecule has 0 aliphatic heterocycles. The Morgan fingerprint density at radius 1 is 1.83 bits per heavy atom. The summed E-state index contributed by atoms with van der Waals surface area (Å²) < 4.78 is 0. The molecular formula is C6H7N3O3. The van der Waals surface area contributed by atoms with Crippen LogP contribution in [0.2, 0.25) is 0 Å². The summed E-state index contributed by atoms with van der Waals surface area (Å²) in [7, 11) is 0. The molecule has 1 atom stereocenters. The van der Waals surface area contributed by atoms with Crippen LogP contribution in [0, 0.1) is 4.91 Å². The van der Waals surface area contributed by atoms with Gasteiger partial charge < -0.3 is 10.1 Å². The molecule has 0 saturated carbocycles. The van der Waals surface area contributed by atoms with Crippen molar-refractivity contribution in [1.82, 2.24) is 9.97 Å². The molecule has 64 valence electrons. The average Bonchev–Trinajstić information content (AvgIpc) is 2.51. The topological polar surface area (TPSA) is 95.4 Å². The number of carboxylic acid groups (broad SMARTS) is 1. The first-order valence-electron chi connectivity index (χ1n) is 3.27. The number of H-pyrrole nitrogens is 1. The van der Waals surface area contributed by atoms with Gasteiger partial charge in [0.25, 0.3) is 0 Å². The molecule has 0 saturated heterocycles. The number of hydrogen-bond donors (Lipinski definition) is 2. The van der Waals surface area contributed by atoms with Gasteiger partial charge in [-0.25, -0.2) is 9.78 Å². The van der Waals surface area contributed by atoms with Crippen LogP contribution >= 0.6 is 0 Å². The summed E-state index contributed by atoms with van der Waals surface area (Å²) in [6.07, 6.45) is 2.97. The number of nitroso groups, excluding NO2 is 1. The number of imidazole rings is 1. The lowest BCUT2D eigenvalue weighted by molar-refractivity contribution is -0.138. The number of aliphatic carboxylic acids is 1. The average molecular weight is 169 g/mol. The Balaban J connectivity index is 2.60. The molecule has 6 nitrogen and oxygen atoms in total. The first kappa shape index (κ1) is 8.38. The van der Waals surface area contributed by atoms with E-state index in [2.05, 4.69) is 15.1 Å². The lowest BCUT2D eigenvalue weighted by Gasteiger charge is -1.98. The Labute approximate surface area is 67.6 Å². The third-order valence-electron chi connectivity index (χ3n) is 1.37. The zero-order valence-electron chi connectivity index (χ0n) is 6.10. The molecule has 0 aliphatic carbocycles. The van der Waals surface area contributed by atoms with Crippen LogP contribution in [0.5, 0.6) is 0 Å². The van der Waals surface area contributed by atoms with Crippen LogP contribution in [0.4, 0.5) is 0 Å². The summed E-state index contributed by atoms with van der Waals surface area (Å²) in [6, 6.07) is -1.24. The van der Waals surface area contributed by atoms with E-state index in [1.807, 2.05) is 0 Å². The lowest BCUT2D eigenvalue weighted by Crippen LogP contribution is -2.19. The number of carbonyl (C=O) groups is 1. The van der Waals surface area contributed by atoms with Crippen molar-refractivity contribution in [2.45, 2.75) is 12.5 Å². The van der Waals surface area contributed by atoms with E-state index in [9.17, 15) is 9.70 Å². The molecule has 0 unspecified atom stereocenters. The van der Waals surface area contributed by atoms with Crippen molar-refractivity contribution >= 4 is 5.97 Å². The van der Waals surface area contributed by atoms with Gasteiger partial charge in [-0.1, -0.05) is 5.18 Å². The van der Waals surface area contributed by atoms with E-state index in [-0.39, 0.29) is 6.42 Å². The molecule has 0 fully saturated rings. The van der Waals surface area contributed by atoms with Gasteiger partial charge in [-0.2, -0.15) is 0 Å². The molecule has 1 rings (SSSR count). The van der Waals surface area contributed by atoms with E-state index in [1.165, 1.54) is 12.5 Å². The first-order valence-corrected chi connectivity index (χ1v) is 3.27. The predicted molar refractivity (Wildman–Crippen MR) is 39.5 cm³/mol. The monoisotopic (exact) mass is 169 g/mol. The predicted octanol–water partition coefficient (Wildman–Crippen LogP) is 0.172. The first-order chi connectivity index (χ1) is 5.74. The van der Waals surface area contributed by atoms with Gasteiger partial charge in [-0.05, 0) is 0 Å². The second kappa shape index (κ2) is 3.61. The molecule has 0 amide bonds. The number of rotatable bonds is 4. The number of nitrogens with zero attached hydrogens (tertiary/aromatic N) is 2. The maximum Gasteiger partial charge on any atom is 0.332 e. The summed E-state index contributed by atoms with van der Waals surface area (Å²) in [5, 5.41) is 10.9. The zero-order valence-corrected chi connectivity index (χ0v) is 6.10. The highest BCUT2D eigenvalue weighted by Crippen LogP contribution is 2.01. The fraction of sp³-hybridized carbons (Fsp3) is 0.333. The maximum atomic E-state index is 10.3. The van der Waals surface area contributed by atoms with Gasteiger partial charge >= 0.3 is 5.97 Å². The van der Waals surface area contributed by atoms with Crippen molar-refractivity contribution in [3.05, 3.63) is 23.1 Å². The number of aromatic amines is 1. The van der Waals surface area contributed by atoms with Gasteiger partial charge in [0.1, 0.15) is 0 Å². The second-order valence-electron chi connectivity index (χ2n) is 2.22. The summed E-state index contributed by atoms with van der Waals surface area (Å²) in [5.41, 5.74) is 0.516. The van der Waals surface area contributed by atoms with Crippen molar-refractivity contribution in [1.29, 1.82) is 0 Å². The van der Waals surface area contributed by atoms with Gasteiger partial charge in [0.05, 0.1) is 12.0 Å². The largest absolute Gasteiger partial charge is 0.480 e. The molecule has 12 heavy (non-hydrogen) atoms. The van der Waals surface area contributed by atoms with Crippen molar-refractivity contribution < 1.29 is 9.90 Å². The summed E-state index contributed by atoms with van der Waals surface area (Å²) in [5.74, 6) is -1.23. The molecule has 6 heteroatoms. The van der Waals surface area contributed by atoms with Gasteiger partial charge in [0, 0.05) is 12.6 Å². The van der Waals surface area contributed by atoms with Crippen LogP contribution in [0.15, 0.2) is 17.7 Å². The Bertz CT molecular complexity index is 270. The number of nitrogens with one attached hydrogen (secondary N) is 1. The quantitative estimate of drug-likeness (QED) is 0.628. The molecular weight excluding hydrogens is 162 g/mol. The maximum absolute atomic E-state index is 10.3. The zero-order chi connectivity index (χ0) is 8.97. The fourth-order valence-corrected chi connectivity index (χ4v) is 0.770. The van der Waals surface area contributed by atoms with E-state index in [4.69, 9.17) is 5.11 Å². The Morgan fingerprint density at radius 3 is 3.00 bits per heavy atom. The minimum atomic E-state index is -1.24. The van der Waals surface area contributed by atoms with Crippen LogP contribution in [0.1, 0.15) is 5.69 Å². The lowest BCUT2D eigenvalue weighted by atomic mass is 10.2. The molecule has 2 N–H and O–H groups in total. The van der Waals surface area contributed by atoms with Crippen LogP contribution in [0.25, 0.3) is 0 Å². The van der Waals surface area contributed by atoms with Gasteiger partial charge in [0.15, 0.2) is 6.04 Å². The highest BCUT2D eigenvalue weighted by molar-refractivity contribution is 5.73. The minimum Gasteiger partial charge on any atom is -0.480 e. The van der Waals surface area contributed by atoms with Crippen molar-refractivity contribution in [3.63, 3.8) is 0 Å². The van der Waals surface area contributed by atoms with Crippen LogP contribution in [-0.4, -0.2) is 27.1 Å².